The number of carbonyl (C=O) groups is 2. The molecule has 1 aromatic carbocycles. The highest BCUT2D eigenvalue weighted by Crippen LogP contribution is 2.29. The van der Waals surface area contributed by atoms with Gasteiger partial charge < -0.3 is 19.1 Å². The van der Waals surface area contributed by atoms with Gasteiger partial charge in [-0.15, -0.1) is 0 Å². The molecule has 0 bridgehead atoms. The van der Waals surface area contributed by atoms with Crippen LogP contribution in [0.3, 0.4) is 0 Å². The molecular weight excluding hydrogens is 336 g/mol. The van der Waals surface area contributed by atoms with Crippen LogP contribution in [0.25, 0.3) is 0 Å². The first-order valence-corrected chi connectivity index (χ1v) is 7.07. The van der Waals surface area contributed by atoms with Crippen LogP contribution in [0.2, 0.25) is 0 Å². The number of hydrogen-bond donors (Lipinski definition) is 0. The first kappa shape index (κ1) is 18.2. The minimum absolute atomic E-state index is 0.0421. The number of esters is 2. The summed E-state index contributed by atoms with van der Waals surface area (Å²) >= 11 is 0. The van der Waals surface area contributed by atoms with Gasteiger partial charge in [-0.2, -0.15) is 8.78 Å². The molecule has 0 radical (unpaired) electrons. The molecule has 0 aromatic heterocycles. The number of halogens is 2. The average molecular weight is 351 g/mol. The average Bonchev–Trinajstić information content (AvgIpc) is 2.83. The number of rotatable bonds is 5. The molecule has 0 saturated carbocycles. The Morgan fingerprint density at radius 2 is 1.80 bits per heavy atom. The molecule has 0 unspecified atom stereocenters. The predicted octanol–water partition coefficient (Wildman–Crippen LogP) is 2.78. The van der Waals surface area contributed by atoms with Gasteiger partial charge in [0, 0.05) is 18.0 Å². The first-order valence-electron chi connectivity index (χ1n) is 7.07. The van der Waals surface area contributed by atoms with E-state index in [2.05, 4.69) is 4.74 Å². The van der Waals surface area contributed by atoms with Gasteiger partial charge in [0.1, 0.15) is 11.4 Å². The minimum atomic E-state index is -2.99. The maximum absolute atomic E-state index is 12.4. The topological polar surface area (TPSA) is 65.1 Å². The lowest BCUT2D eigenvalue weighted by molar-refractivity contribution is -0.139. The Labute approximate surface area is 142 Å². The maximum Gasteiger partial charge on any atom is 0.387 e. The lowest BCUT2D eigenvalue weighted by Gasteiger charge is -2.23. The summed E-state index contributed by atoms with van der Waals surface area (Å²) in [6.45, 7) is -2.99. The Kier molecular flexibility index (Phi) is 5.89. The zero-order chi connectivity index (χ0) is 18.4. The van der Waals surface area contributed by atoms with Crippen LogP contribution in [0.5, 0.6) is 5.75 Å². The first-order chi connectivity index (χ1) is 12.0. The molecule has 1 heterocycles. The minimum Gasteiger partial charge on any atom is -0.465 e. The standard InChI is InChI=1S/C17H15F2NO5/c1-23-15(21)13-8-3-4-9-20(14(13)16(22)24-2)11-6-5-7-12(10-11)25-17(18)19/h3-10,17H,1-2H3. The van der Waals surface area contributed by atoms with E-state index in [-0.39, 0.29) is 17.0 Å². The van der Waals surface area contributed by atoms with Gasteiger partial charge in [-0.05, 0) is 24.3 Å². The Bertz CT molecular complexity index is 755. The van der Waals surface area contributed by atoms with E-state index in [1.165, 1.54) is 48.6 Å². The summed E-state index contributed by atoms with van der Waals surface area (Å²) in [5.41, 5.74) is 0.160. The highest BCUT2D eigenvalue weighted by molar-refractivity contribution is 6.05. The van der Waals surface area contributed by atoms with E-state index >= 15 is 0 Å². The van der Waals surface area contributed by atoms with Crippen LogP contribution >= 0.6 is 0 Å². The molecule has 2 rings (SSSR count). The van der Waals surface area contributed by atoms with E-state index in [1.54, 1.807) is 12.1 Å². The predicted molar refractivity (Wildman–Crippen MR) is 84.9 cm³/mol. The molecule has 0 fully saturated rings. The normalized spacial score (nSPS) is 13.7. The van der Waals surface area contributed by atoms with Gasteiger partial charge in [0.25, 0.3) is 0 Å². The Hall–Kier alpha value is -3.16. The highest BCUT2D eigenvalue weighted by atomic mass is 19.3. The summed E-state index contributed by atoms with van der Waals surface area (Å²) in [5.74, 6) is -1.64. The van der Waals surface area contributed by atoms with Gasteiger partial charge in [-0.1, -0.05) is 12.1 Å². The third-order valence-corrected chi connectivity index (χ3v) is 3.21. The highest BCUT2D eigenvalue weighted by Gasteiger charge is 2.27. The van der Waals surface area contributed by atoms with Gasteiger partial charge in [-0.3, -0.25) is 0 Å². The van der Waals surface area contributed by atoms with E-state index in [1.807, 2.05) is 0 Å². The van der Waals surface area contributed by atoms with Crippen LogP contribution in [-0.2, 0) is 19.1 Å². The van der Waals surface area contributed by atoms with Gasteiger partial charge >= 0.3 is 18.6 Å². The van der Waals surface area contributed by atoms with Crippen molar-refractivity contribution in [2.75, 3.05) is 19.1 Å². The molecule has 132 valence electrons. The largest absolute Gasteiger partial charge is 0.465 e. The van der Waals surface area contributed by atoms with Crippen molar-refractivity contribution in [3.8, 4) is 5.75 Å². The van der Waals surface area contributed by atoms with Crippen LogP contribution in [0.1, 0.15) is 0 Å². The molecule has 0 saturated heterocycles. The van der Waals surface area contributed by atoms with E-state index < -0.39 is 18.6 Å². The van der Waals surface area contributed by atoms with Gasteiger partial charge in [-0.25, -0.2) is 9.59 Å². The molecule has 1 aliphatic rings. The second kappa shape index (κ2) is 8.09. The number of anilines is 1. The lowest BCUT2D eigenvalue weighted by atomic mass is 10.1. The number of hydrogen-bond acceptors (Lipinski definition) is 6. The lowest BCUT2D eigenvalue weighted by Crippen LogP contribution is -2.27. The molecule has 8 heteroatoms. The molecular formula is C17H15F2NO5. The smallest absolute Gasteiger partial charge is 0.387 e. The van der Waals surface area contributed by atoms with Crippen molar-refractivity contribution in [2.45, 2.75) is 6.61 Å². The van der Waals surface area contributed by atoms with Crippen molar-refractivity contribution < 1.29 is 32.6 Å². The second-order valence-corrected chi connectivity index (χ2v) is 4.69. The fourth-order valence-corrected chi connectivity index (χ4v) is 2.18. The number of carbonyl (C=O) groups excluding carboxylic acids is 2. The molecule has 1 aromatic rings. The van der Waals surface area contributed by atoms with E-state index in [9.17, 15) is 18.4 Å². The molecule has 0 N–H and O–H groups in total. The van der Waals surface area contributed by atoms with Crippen molar-refractivity contribution in [1.29, 1.82) is 0 Å². The zero-order valence-electron chi connectivity index (χ0n) is 13.4. The van der Waals surface area contributed by atoms with E-state index in [4.69, 9.17) is 9.47 Å². The van der Waals surface area contributed by atoms with Crippen LogP contribution in [0.15, 0.2) is 60.0 Å². The van der Waals surface area contributed by atoms with Gasteiger partial charge in [0.15, 0.2) is 0 Å². The quantitative estimate of drug-likeness (QED) is 0.760. The number of benzene rings is 1. The molecule has 0 aliphatic carbocycles. The van der Waals surface area contributed by atoms with Gasteiger partial charge in [0.05, 0.1) is 19.8 Å². The summed E-state index contributed by atoms with van der Waals surface area (Å²) < 4.78 is 38.7. The fourth-order valence-electron chi connectivity index (χ4n) is 2.18. The van der Waals surface area contributed by atoms with Gasteiger partial charge in [0.2, 0.25) is 0 Å². The number of nitrogens with zero attached hydrogens (tertiary/aromatic N) is 1. The molecule has 6 nitrogen and oxygen atoms in total. The SMILES string of the molecule is COC(=O)C1=C(C(=O)OC)N(c2cccc(OC(F)F)c2)C=CC=C1. The van der Waals surface area contributed by atoms with Crippen molar-refractivity contribution >= 4 is 17.6 Å². The third-order valence-electron chi connectivity index (χ3n) is 3.21. The Balaban J connectivity index is 2.57. The fraction of sp³-hybridized carbons (Fsp3) is 0.176. The monoisotopic (exact) mass is 351 g/mol. The van der Waals surface area contributed by atoms with Crippen molar-refractivity contribution in [3.63, 3.8) is 0 Å². The van der Waals surface area contributed by atoms with Crippen molar-refractivity contribution in [1.82, 2.24) is 0 Å². The summed E-state index contributed by atoms with van der Waals surface area (Å²) in [5, 5.41) is 0. The molecule has 0 spiro atoms. The third kappa shape index (κ3) is 4.23. The number of methoxy groups -OCH3 is 2. The van der Waals surface area contributed by atoms with Crippen LogP contribution in [0, 0.1) is 0 Å². The van der Waals surface area contributed by atoms with E-state index in [0.29, 0.717) is 5.69 Å². The summed E-state index contributed by atoms with van der Waals surface area (Å²) in [6.07, 6.45) is 5.99. The Morgan fingerprint density at radius 1 is 1.08 bits per heavy atom. The summed E-state index contributed by atoms with van der Waals surface area (Å²) in [6, 6.07) is 5.69. The zero-order valence-corrected chi connectivity index (χ0v) is 13.4. The van der Waals surface area contributed by atoms with Crippen LogP contribution in [0.4, 0.5) is 14.5 Å². The number of alkyl halides is 2. The molecule has 1 aliphatic heterocycles. The van der Waals surface area contributed by atoms with E-state index in [0.717, 1.165) is 7.11 Å². The van der Waals surface area contributed by atoms with Crippen LogP contribution in [-0.4, -0.2) is 32.8 Å². The van der Waals surface area contributed by atoms with Crippen molar-refractivity contribution in [3.05, 3.63) is 60.0 Å². The molecule has 25 heavy (non-hydrogen) atoms. The molecule has 0 amide bonds. The summed E-state index contributed by atoms with van der Waals surface area (Å²) in [7, 11) is 2.34. The maximum atomic E-state index is 12.4. The second-order valence-electron chi connectivity index (χ2n) is 4.69. The molecule has 0 atom stereocenters. The number of allylic oxidation sites excluding steroid dienone is 2. The van der Waals surface area contributed by atoms with Crippen molar-refractivity contribution in [2.24, 2.45) is 0 Å². The van der Waals surface area contributed by atoms with Crippen LogP contribution < -0.4 is 9.64 Å². The Morgan fingerprint density at radius 3 is 2.44 bits per heavy atom. The number of ether oxygens (including phenoxy) is 3. The summed E-state index contributed by atoms with van der Waals surface area (Å²) in [4.78, 5) is 25.6.